The maximum absolute atomic E-state index is 11.1. The van der Waals surface area contributed by atoms with E-state index in [1.165, 1.54) is 0 Å². The van der Waals surface area contributed by atoms with Crippen molar-refractivity contribution in [3.63, 3.8) is 0 Å². The van der Waals surface area contributed by atoms with Gasteiger partial charge in [0, 0.05) is 21.5 Å². The third-order valence-electron chi connectivity index (χ3n) is 2.92. The number of carboxylic acid groups (broad SMARTS) is 1. The fraction of sp³-hybridized carbons (Fsp3) is 0.267. The van der Waals surface area contributed by atoms with Gasteiger partial charge < -0.3 is 10.4 Å². The van der Waals surface area contributed by atoms with E-state index >= 15 is 0 Å². The van der Waals surface area contributed by atoms with Crippen molar-refractivity contribution in [3.05, 3.63) is 45.7 Å². The third kappa shape index (κ3) is 3.78. The Hall–Kier alpha value is -1.95. The number of carbonyl (C=O) groups is 1. The normalized spacial score (nSPS) is 10.7. The van der Waals surface area contributed by atoms with Gasteiger partial charge in [-0.1, -0.05) is 13.8 Å². The molecule has 2 aromatic rings. The van der Waals surface area contributed by atoms with E-state index in [1.807, 2.05) is 13.0 Å². The fourth-order valence-corrected chi connectivity index (χ4v) is 2.26. The number of nitrogens with one attached hydrogen (secondary N) is 1. The summed E-state index contributed by atoms with van der Waals surface area (Å²) in [5.74, 6) is -0.220. The molecule has 1 aromatic carbocycles. The van der Waals surface area contributed by atoms with E-state index in [-0.39, 0.29) is 5.56 Å². The van der Waals surface area contributed by atoms with Gasteiger partial charge in [-0.2, -0.15) is 0 Å². The number of hydrogen-bond acceptors (Lipinski definition) is 4. The highest BCUT2D eigenvalue weighted by molar-refractivity contribution is 9.10. The highest BCUT2D eigenvalue weighted by atomic mass is 79.9. The monoisotopic (exact) mass is 349 g/mol. The number of aromatic carboxylic acids is 1. The van der Waals surface area contributed by atoms with Crippen LogP contribution in [0.25, 0.3) is 0 Å². The van der Waals surface area contributed by atoms with Gasteiger partial charge in [0.05, 0.1) is 5.56 Å². The first-order chi connectivity index (χ1) is 9.86. The second kappa shape index (κ2) is 6.22. The molecule has 0 radical (unpaired) electrons. The zero-order valence-electron chi connectivity index (χ0n) is 12.0. The molecule has 0 aliphatic heterocycles. The topological polar surface area (TPSA) is 75.1 Å². The molecule has 21 heavy (non-hydrogen) atoms. The standard InChI is InChI=1S/C15H16BrN3O2/c1-8(2)13-6-9(3)17-15(19-13)18-10-4-5-12(16)11(7-10)14(20)21/h4-8H,1-3H3,(H,20,21)(H,17,18,19). The highest BCUT2D eigenvalue weighted by Crippen LogP contribution is 2.23. The van der Waals surface area contributed by atoms with Gasteiger partial charge in [-0.15, -0.1) is 0 Å². The summed E-state index contributed by atoms with van der Waals surface area (Å²) in [5, 5.41) is 12.2. The number of nitrogens with zero attached hydrogens (tertiary/aromatic N) is 2. The van der Waals surface area contributed by atoms with Gasteiger partial charge in [0.1, 0.15) is 0 Å². The van der Waals surface area contributed by atoms with Crippen LogP contribution in [0.1, 0.15) is 41.5 Å². The second-order valence-corrected chi connectivity index (χ2v) is 5.89. The lowest BCUT2D eigenvalue weighted by atomic mass is 10.1. The third-order valence-corrected chi connectivity index (χ3v) is 3.61. The number of anilines is 2. The number of aromatic nitrogens is 2. The molecule has 0 saturated carbocycles. The largest absolute Gasteiger partial charge is 0.478 e. The van der Waals surface area contributed by atoms with E-state index in [0.29, 0.717) is 22.0 Å². The number of benzene rings is 1. The lowest BCUT2D eigenvalue weighted by Crippen LogP contribution is -2.04. The summed E-state index contributed by atoms with van der Waals surface area (Å²) >= 11 is 3.22. The Morgan fingerprint density at radius 2 is 2.00 bits per heavy atom. The van der Waals surface area contributed by atoms with Gasteiger partial charge >= 0.3 is 5.97 Å². The Bertz CT molecular complexity index is 687. The minimum Gasteiger partial charge on any atom is -0.478 e. The van der Waals surface area contributed by atoms with Crippen molar-refractivity contribution in [2.75, 3.05) is 5.32 Å². The van der Waals surface area contributed by atoms with Crippen LogP contribution in [-0.4, -0.2) is 21.0 Å². The van der Waals surface area contributed by atoms with Crippen LogP contribution >= 0.6 is 15.9 Å². The average Bonchev–Trinajstić information content (AvgIpc) is 2.40. The summed E-state index contributed by atoms with van der Waals surface area (Å²) in [5.41, 5.74) is 2.64. The van der Waals surface area contributed by atoms with Crippen LogP contribution in [0.4, 0.5) is 11.6 Å². The zero-order chi connectivity index (χ0) is 15.6. The molecule has 0 atom stereocenters. The molecule has 1 heterocycles. The summed E-state index contributed by atoms with van der Waals surface area (Å²) in [6.07, 6.45) is 0. The van der Waals surface area contributed by atoms with Crippen LogP contribution in [0, 0.1) is 6.92 Å². The van der Waals surface area contributed by atoms with Crippen molar-refractivity contribution in [1.82, 2.24) is 9.97 Å². The van der Waals surface area contributed by atoms with E-state index in [4.69, 9.17) is 5.11 Å². The number of halogens is 1. The first-order valence-electron chi connectivity index (χ1n) is 6.52. The lowest BCUT2D eigenvalue weighted by Gasteiger charge is -2.11. The van der Waals surface area contributed by atoms with Gasteiger partial charge in [-0.05, 0) is 53.0 Å². The molecule has 0 aliphatic carbocycles. The van der Waals surface area contributed by atoms with Crippen molar-refractivity contribution in [3.8, 4) is 0 Å². The van der Waals surface area contributed by atoms with E-state index in [0.717, 1.165) is 11.4 Å². The van der Waals surface area contributed by atoms with Crippen molar-refractivity contribution in [1.29, 1.82) is 0 Å². The molecule has 0 aliphatic rings. The molecule has 0 bridgehead atoms. The van der Waals surface area contributed by atoms with Gasteiger partial charge in [-0.25, -0.2) is 14.8 Å². The summed E-state index contributed by atoms with van der Waals surface area (Å²) in [7, 11) is 0. The zero-order valence-corrected chi connectivity index (χ0v) is 13.6. The molecular weight excluding hydrogens is 334 g/mol. The van der Waals surface area contributed by atoms with Crippen LogP contribution in [0.15, 0.2) is 28.7 Å². The van der Waals surface area contributed by atoms with Crippen LogP contribution < -0.4 is 5.32 Å². The maximum Gasteiger partial charge on any atom is 0.336 e. The Morgan fingerprint density at radius 1 is 1.29 bits per heavy atom. The average molecular weight is 350 g/mol. The molecule has 2 N–H and O–H groups in total. The highest BCUT2D eigenvalue weighted by Gasteiger charge is 2.11. The Balaban J connectivity index is 2.34. The van der Waals surface area contributed by atoms with E-state index in [1.54, 1.807) is 18.2 Å². The Labute approximate surface area is 131 Å². The molecule has 1 aromatic heterocycles. The van der Waals surface area contributed by atoms with E-state index < -0.39 is 5.97 Å². The molecule has 2 rings (SSSR count). The van der Waals surface area contributed by atoms with Crippen molar-refractivity contribution in [2.24, 2.45) is 0 Å². The molecule has 0 saturated heterocycles. The minimum atomic E-state index is -0.987. The molecule has 0 amide bonds. The van der Waals surface area contributed by atoms with E-state index in [9.17, 15) is 4.79 Å². The van der Waals surface area contributed by atoms with Crippen molar-refractivity contribution < 1.29 is 9.90 Å². The minimum absolute atomic E-state index is 0.191. The first-order valence-corrected chi connectivity index (χ1v) is 7.31. The fourth-order valence-electron chi connectivity index (χ4n) is 1.84. The molecule has 0 spiro atoms. The van der Waals surface area contributed by atoms with Crippen molar-refractivity contribution in [2.45, 2.75) is 26.7 Å². The summed E-state index contributed by atoms with van der Waals surface area (Å²) in [6, 6.07) is 6.95. The van der Waals surface area contributed by atoms with Gasteiger partial charge in [0.2, 0.25) is 5.95 Å². The first kappa shape index (κ1) is 15.4. The van der Waals surface area contributed by atoms with Crippen LogP contribution in [0.5, 0.6) is 0 Å². The molecule has 110 valence electrons. The SMILES string of the molecule is Cc1cc(C(C)C)nc(Nc2ccc(Br)c(C(=O)O)c2)n1. The molecule has 0 fully saturated rings. The predicted molar refractivity (Wildman–Crippen MR) is 85.2 cm³/mol. The number of carboxylic acids is 1. The molecule has 0 unspecified atom stereocenters. The van der Waals surface area contributed by atoms with Gasteiger partial charge in [0.25, 0.3) is 0 Å². The Kier molecular flexibility index (Phi) is 4.57. The van der Waals surface area contributed by atoms with E-state index in [2.05, 4.69) is 45.1 Å². The summed E-state index contributed by atoms with van der Waals surface area (Å²) in [6.45, 7) is 6.03. The summed E-state index contributed by atoms with van der Waals surface area (Å²) < 4.78 is 0.536. The lowest BCUT2D eigenvalue weighted by molar-refractivity contribution is 0.0696. The summed E-state index contributed by atoms with van der Waals surface area (Å²) in [4.78, 5) is 19.9. The Morgan fingerprint density at radius 3 is 2.62 bits per heavy atom. The number of hydrogen-bond donors (Lipinski definition) is 2. The quantitative estimate of drug-likeness (QED) is 0.868. The predicted octanol–water partition coefficient (Wildman–Crippen LogP) is 4.11. The number of aryl methyl sites for hydroxylation is 1. The van der Waals surface area contributed by atoms with Crippen LogP contribution in [-0.2, 0) is 0 Å². The van der Waals surface area contributed by atoms with Gasteiger partial charge in [0.15, 0.2) is 0 Å². The van der Waals surface area contributed by atoms with Crippen LogP contribution in [0.2, 0.25) is 0 Å². The smallest absolute Gasteiger partial charge is 0.336 e. The maximum atomic E-state index is 11.1. The van der Waals surface area contributed by atoms with Gasteiger partial charge in [-0.3, -0.25) is 0 Å². The number of rotatable bonds is 4. The molecule has 6 heteroatoms. The second-order valence-electron chi connectivity index (χ2n) is 5.04. The molecular formula is C15H16BrN3O2. The van der Waals surface area contributed by atoms with Crippen molar-refractivity contribution >= 4 is 33.5 Å². The van der Waals surface area contributed by atoms with Crippen LogP contribution in [0.3, 0.4) is 0 Å². The molecule has 5 nitrogen and oxygen atoms in total.